The second-order valence-electron chi connectivity index (χ2n) is 3.50. The van der Waals surface area contributed by atoms with Crippen LogP contribution in [0.2, 0.25) is 0 Å². The number of halogens is 1. The average Bonchev–Trinajstić information content (AvgIpc) is 2.74. The maximum atomic E-state index is 8.99. The van der Waals surface area contributed by atoms with Gasteiger partial charge < -0.3 is 4.74 Å². The predicted octanol–water partition coefficient (Wildman–Crippen LogP) is 2.42. The molecule has 0 radical (unpaired) electrons. The lowest BCUT2D eigenvalue weighted by Gasteiger charge is -2.06. The van der Waals surface area contributed by atoms with Crippen molar-refractivity contribution in [2.24, 2.45) is 0 Å². The molecule has 1 heterocycles. The van der Waals surface area contributed by atoms with Gasteiger partial charge in [0.1, 0.15) is 11.8 Å². The number of methoxy groups -OCH3 is 1. The van der Waals surface area contributed by atoms with E-state index in [2.05, 4.69) is 33.8 Å². The van der Waals surface area contributed by atoms with Crippen LogP contribution in [0.5, 0.6) is 5.75 Å². The van der Waals surface area contributed by atoms with Crippen molar-refractivity contribution in [3.05, 3.63) is 45.3 Å². The van der Waals surface area contributed by atoms with E-state index in [9.17, 15) is 0 Å². The number of ether oxygens (including phenoxy) is 1. The van der Waals surface area contributed by atoms with E-state index in [1.807, 2.05) is 29.1 Å². The zero-order chi connectivity index (χ0) is 12.3. The number of rotatable bonds is 3. The maximum Gasteiger partial charge on any atom is 0.136 e. The van der Waals surface area contributed by atoms with Crippen molar-refractivity contribution in [1.29, 1.82) is 5.26 Å². The van der Waals surface area contributed by atoms with Gasteiger partial charge in [0.25, 0.3) is 0 Å². The van der Waals surface area contributed by atoms with Crippen LogP contribution in [0, 0.1) is 14.9 Å². The van der Waals surface area contributed by atoms with Gasteiger partial charge in [0.2, 0.25) is 0 Å². The number of benzene rings is 1. The fraction of sp³-hybridized carbons (Fsp3) is 0.167. The minimum atomic E-state index is 0.548. The van der Waals surface area contributed by atoms with Crippen LogP contribution in [0.3, 0.4) is 0 Å². The number of nitriles is 1. The van der Waals surface area contributed by atoms with Gasteiger partial charge in [-0.05, 0) is 40.3 Å². The van der Waals surface area contributed by atoms with Crippen molar-refractivity contribution in [2.45, 2.75) is 6.54 Å². The second kappa shape index (κ2) is 5.19. The minimum Gasteiger partial charge on any atom is -0.495 e. The molecular weight excluding hydrogens is 329 g/mol. The molecule has 0 fully saturated rings. The molecule has 0 saturated carbocycles. The first-order valence-corrected chi connectivity index (χ1v) is 6.06. The lowest BCUT2D eigenvalue weighted by Crippen LogP contribution is -2.00. The SMILES string of the molecule is COc1ccc(Cn2cc(I)cn2)cc1C#N. The zero-order valence-corrected chi connectivity index (χ0v) is 11.4. The topological polar surface area (TPSA) is 50.8 Å². The Bertz CT molecular complexity index is 571. The molecule has 0 amide bonds. The lowest BCUT2D eigenvalue weighted by molar-refractivity contribution is 0.413. The largest absolute Gasteiger partial charge is 0.495 e. The number of hydrogen-bond acceptors (Lipinski definition) is 3. The molecule has 1 aromatic carbocycles. The number of aromatic nitrogens is 2. The van der Waals surface area contributed by atoms with Gasteiger partial charge in [0, 0.05) is 6.20 Å². The molecule has 0 spiro atoms. The van der Waals surface area contributed by atoms with E-state index in [0.717, 1.165) is 9.13 Å². The average molecular weight is 339 g/mol. The van der Waals surface area contributed by atoms with Crippen molar-refractivity contribution in [3.8, 4) is 11.8 Å². The van der Waals surface area contributed by atoms with Gasteiger partial charge in [-0.15, -0.1) is 0 Å². The normalized spacial score (nSPS) is 9.94. The Morgan fingerprint density at radius 1 is 1.53 bits per heavy atom. The Morgan fingerprint density at radius 3 is 2.94 bits per heavy atom. The van der Waals surface area contributed by atoms with Crippen LogP contribution in [-0.2, 0) is 6.54 Å². The summed E-state index contributed by atoms with van der Waals surface area (Å²) in [6.07, 6.45) is 3.76. The Balaban J connectivity index is 2.26. The van der Waals surface area contributed by atoms with Crippen LogP contribution in [0.4, 0.5) is 0 Å². The Labute approximate surface area is 113 Å². The standard InChI is InChI=1S/C12H10IN3O/c1-17-12-3-2-9(4-10(12)5-14)7-16-8-11(13)6-15-16/h2-4,6,8H,7H2,1H3. The van der Waals surface area contributed by atoms with Gasteiger partial charge in [0.15, 0.2) is 0 Å². The van der Waals surface area contributed by atoms with Crippen molar-refractivity contribution in [2.75, 3.05) is 7.11 Å². The molecule has 5 heteroatoms. The Morgan fingerprint density at radius 2 is 2.35 bits per heavy atom. The predicted molar refractivity (Wildman–Crippen MR) is 71.8 cm³/mol. The smallest absolute Gasteiger partial charge is 0.136 e. The summed E-state index contributed by atoms with van der Waals surface area (Å²) in [4.78, 5) is 0. The van der Waals surface area contributed by atoms with E-state index >= 15 is 0 Å². The second-order valence-corrected chi connectivity index (χ2v) is 4.75. The summed E-state index contributed by atoms with van der Waals surface area (Å²) in [6, 6.07) is 7.70. The third kappa shape index (κ3) is 2.77. The van der Waals surface area contributed by atoms with Crippen LogP contribution in [0.25, 0.3) is 0 Å². The molecule has 2 rings (SSSR count). The lowest BCUT2D eigenvalue weighted by atomic mass is 10.1. The molecule has 0 atom stereocenters. The zero-order valence-electron chi connectivity index (χ0n) is 9.22. The molecular formula is C12H10IN3O. The van der Waals surface area contributed by atoms with Crippen LogP contribution in [-0.4, -0.2) is 16.9 Å². The summed E-state index contributed by atoms with van der Waals surface area (Å²) in [6.45, 7) is 0.654. The van der Waals surface area contributed by atoms with Crippen molar-refractivity contribution >= 4 is 22.6 Å². The molecule has 1 aromatic heterocycles. The third-order valence-corrected chi connectivity index (χ3v) is 2.89. The third-order valence-electron chi connectivity index (χ3n) is 2.33. The monoisotopic (exact) mass is 339 g/mol. The van der Waals surface area contributed by atoms with Crippen LogP contribution in [0.1, 0.15) is 11.1 Å². The van der Waals surface area contributed by atoms with Crippen molar-refractivity contribution < 1.29 is 4.74 Å². The van der Waals surface area contributed by atoms with E-state index in [0.29, 0.717) is 17.9 Å². The molecule has 0 N–H and O–H groups in total. The summed E-state index contributed by atoms with van der Waals surface area (Å²) in [5, 5.41) is 13.2. The number of hydrogen-bond donors (Lipinski definition) is 0. The molecule has 0 bridgehead atoms. The first-order valence-electron chi connectivity index (χ1n) is 4.98. The molecule has 2 aromatic rings. The summed E-state index contributed by atoms with van der Waals surface area (Å²) in [5.41, 5.74) is 1.58. The summed E-state index contributed by atoms with van der Waals surface area (Å²) < 4.78 is 8.03. The molecule has 4 nitrogen and oxygen atoms in total. The summed E-state index contributed by atoms with van der Waals surface area (Å²) in [7, 11) is 1.56. The first kappa shape index (κ1) is 11.9. The van der Waals surface area contributed by atoms with Crippen molar-refractivity contribution in [1.82, 2.24) is 9.78 Å². The minimum absolute atomic E-state index is 0.548. The molecule has 0 unspecified atom stereocenters. The highest BCUT2D eigenvalue weighted by molar-refractivity contribution is 14.1. The van der Waals surface area contributed by atoms with Gasteiger partial charge in [0.05, 0.1) is 29.0 Å². The van der Waals surface area contributed by atoms with E-state index in [4.69, 9.17) is 10.00 Å². The quantitative estimate of drug-likeness (QED) is 0.807. The Kier molecular flexibility index (Phi) is 3.64. The highest BCUT2D eigenvalue weighted by Crippen LogP contribution is 2.19. The molecule has 0 aliphatic rings. The Hall–Kier alpha value is -1.55. The van der Waals surface area contributed by atoms with Gasteiger partial charge in [-0.1, -0.05) is 6.07 Å². The van der Waals surface area contributed by atoms with Crippen LogP contribution < -0.4 is 4.74 Å². The fourth-order valence-corrected chi connectivity index (χ4v) is 2.00. The van der Waals surface area contributed by atoms with Crippen LogP contribution >= 0.6 is 22.6 Å². The van der Waals surface area contributed by atoms with Gasteiger partial charge >= 0.3 is 0 Å². The highest BCUT2D eigenvalue weighted by atomic mass is 127. The highest BCUT2D eigenvalue weighted by Gasteiger charge is 2.04. The maximum absolute atomic E-state index is 8.99. The van der Waals surface area contributed by atoms with Gasteiger partial charge in [-0.25, -0.2) is 0 Å². The first-order chi connectivity index (χ1) is 8.22. The van der Waals surface area contributed by atoms with E-state index in [1.165, 1.54) is 0 Å². The van der Waals surface area contributed by atoms with E-state index in [-0.39, 0.29) is 0 Å². The van der Waals surface area contributed by atoms with Crippen LogP contribution in [0.15, 0.2) is 30.6 Å². The molecule has 17 heavy (non-hydrogen) atoms. The van der Waals surface area contributed by atoms with E-state index < -0.39 is 0 Å². The molecule has 0 aliphatic heterocycles. The number of nitrogens with zero attached hydrogens (tertiary/aromatic N) is 3. The fourth-order valence-electron chi connectivity index (χ4n) is 1.55. The van der Waals surface area contributed by atoms with Gasteiger partial charge in [-0.3, -0.25) is 4.68 Å². The van der Waals surface area contributed by atoms with Gasteiger partial charge in [-0.2, -0.15) is 10.4 Å². The molecule has 86 valence electrons. The molecule has 0 aliphatic carbocycles. The summed E-state index contributed by atoms with van der Waals surface area (Å²) in [5.74, 6) is 0.603. The van der Waals surface area contributed by atoms with E-state index in [1.54, 1.807) is 13.3 Å². The molecule has 0 saturated heterocycles. The summed E-state index contributed by atoms with van der Waals surface area (Å²) >= 11 is 2.21. The van der Waals surface area contributed by atoms with Crippen molar-refractivity contribution in [3.63, 3.8) is 0 Å².